The topological polar surface area (TPSA) is 43.9 Å². The van der Waals surface area contributed by atoms with Crippen LogP contribution in [-0.2, 0) is 12.4 Å². The van der Waals surface area contributed by atoms with Crippen LogP contribution in [0.25, 0.3) is 11.3 Å². The molecule has 0 saturated carbocycles. The van der Waals surface area contributed by atoms with E-state index in [1.54, 1.807) is 10.9 Å². The lowest BCUT2D eigenvalue weighted by Crippen LogP contribution is -1.83. The molecule has 0 aliphatic carbocycles. The van der Waals surface area contributed by atoms with Gasteiger partial charge in [-0.3, -0.25) is 4.68 Å². The Hall–Kier alpha value is -1.10. The summed E-state index contributed by atoms with van der Waals surface area (Å²) in [6.07, 6.45) is 3.64. The summed E-state index contributed by atoms with van der Waals surface area (Å²) in [5.41, 5.74) is 1.83. The number of aromatic nitrogens is 3. The fraction of sp³-hybridized carbons (Fsp3) is 0.250. The summed E-state index contributed by atoms with van der Waals surface area (Å²) in [5, 5.41) is 8.61. The van der Waals surface area contributed by atoms with Crippen molar-refractivity contribution in [3.63, 3.8) is 0 Å². The van der Waals surface area contributed by atoms with E-state index in [4.69, 9.17) is 4.52 Å². The average Bonchev–Trinajstić information content (AvgIpc) is 2.71. The lowest BCUT2D eigenvalue weighted by atomic mass is 10.2. The Morgan fingerprint density at radius 3 is 3.00 bits per heavy atom. The summed E-state index contributed by atoms with van der Waals surface area (Å²) in [7, 11) is 1.87. The third kappa shape index (κ3) is 1.65. The van der Waals surface area contributed by atoms with E-state index >= 15 is 0 Å². The van der Waals surface area contributed by atoms with Gasteiger partial charge in [-0.2, -0.15) is 5.10 Å². The van der Waals surface area contributed by atoms with Crippen molar-refractivity contribution >= 4 is 15.9 Å². The van der Waals surface area contributed by atoms with Gasteiger partial charge in [0.2, 0.25) is 0 Å². The molecule has 0 bridgehead atoms. The molecule has 0 aromatic carbocycles. The molecule has 0 atom stereocenters. The third-order valence-corrected chi connectivity index (χ3v) is 2.26. The van der Waals surface area contributed by atoms with Crippen molar-refractivity contribution in [2.75, 3.05) is 0 Å². The molecule has 0 radical (unpaired) electrons. The monoisotopic (exact) mass is 241 g/mol. The maximum Gasteiger partial charge on any atom is 0.170 e. The fourth-order valence-electron chi connectivity index (χ4n) is 1.06. The zero-order valence-electron chi connectivity index (χ0n) is 7.07. The van der Waals surface area contributed by atoms with Crippen molar-refractivity contribution < 1.29 is 4.52 Å². The highest BCUT2D eigenvalue weighted by molar-refractivity contribution is 9.08. The van der Waals surface area contributed by atoms with E-state index < -0.39 is 0 Å². The first-order valence-electron chi connectivity index (χ1n) is 3.80. The standard InChI is InChI=1S/C8H8BrN3O/c1-12-5-6(4-10-12)8-2-7(3-9)11-13-8/h2,4-5H,3H2,1H3. The minimum absolute atomic E-state index is 0.705. The van der Waals surface area contributed by atoms with Gasteiger partial charge in [-0.1, -0.05) is 21.1 Å². The molecule has 2 aromatic rings. The number of rotatable bonds is 2. The average molecular weight is 242 g/mol. The molecule has 0 aliphatic rings. The van der Waals surface area contributed by atoms with Gasteiger partial charge in [-0.15, -0.1) is 0 Å². The fourth-order valence-corrected chi connectivity index (χ4v) is 1.32. The molecule has 0 saturated heterocycles. The lowest BCUT2D eigenvalue weighted by molar-refractivity contribution is 0.426. The molecule has 0 fully saturated rings. The third-order valence-electron chi connectivity index (χ3n) is 1.69. The molecule has 0 N–H and O–H groups in total. The number of halogens is 1. The molecule has 0 unspecified atom stereocenters. The van der Waals surface area contributed by atoms with Gasteiger partial charge in [0.1, 0.15) is 0 Å². The van der Waals surface area contributed by atoms with Crippen molar-refractivity contribution in [2.45, 2.75) is 5.33 Å². The van der Waals surface area contributed by atoms with Gasteiger partial charge in [0.15, 0.2) is 5.76 Å². The van der Waals surface area contributed by atoms with E-state index in [0.29, 0.717) is 5.33 Å². The van der Waals surface area contributed by atoms with Crippen LogP contribution >= 0.6 is 15.9 Å². The first-order chi connectivity index (χ1) is 6.29. The SMILES string of the molecule is Cn1cc(-c2cc(CBr)no2)cn1. The highest BCUT2D eigenvalue weighted by Gasteiger charge is 2.06. The van der Waals surface area contributed by atoms with E-state index in [1.165, 1.54) is 0 Å². The van der Waals surface area contributed by atoms with Crippen LogP contribution in [0, 0.1) is 0 Å². The van der Waals surface area contributed by atoms with Gasteiger partial charge in [0.25, 0.3) is 0 Å². The van der Waals surface area contributed by atoms with Crippen LogP contribution in [0.4, 0.5) is 0 Å². The van der Waals surface area contributed by atoms with Crippen molar-refractivity contribution in [3.8, 4) is 11.3 Å². The van der Waals surface area contributed by atoms with Crippen molar-refractivity contribution in [2.24, 2.45) is 7.05 Å². The summed E-state index contributed by atoms with van der Waals surface area (Å²) >= 11 is 3.31. The second kappa shape index (κ2) is 3.33. The van der Waals surface area contributed by atoms with E-state index in [1.807, 2.05) is 19.3 Å². The van der Waals surface area contributed by atoms with Gasteiger partial charge in [0, 0.05) is 24.6 Å². The van der Waals surface area contributed by atoms with Crippen LogP contribution in [0.2, 0.25) is 0 Å². The molecule has 2 heterocycles. The smallest absolute Gasteiger partial charge is 0.170 e. The van der Waals surface area contributed by atoms with Crippen LogP contribution < -0.4 is 0 Å². The Kier molecular flexibility index (Phi) is 2.18. The van der Waals surface area contributed by atoms with E-state index in [0.717, 1.165) is 17.0 Å². The largest absolute Gasteiger partial charge is 0.356 e. The maximum atomic E-state index is 5.12. The van der Waals surface area contributed by atoms with Crippen molar-refractivity contribution in [3.05, 3.63) is 24.2 Å². The minimum Gasteiger partial charge on any atom is -0.356 e. The highest BCUT2D eigenvalue weighted by Crippen LogP contribution is 2.19. The Morgan fingerprint density at radius 2 is 2.46 bits per heavy atom. The minimum atomic E-state index is 0.705. The molecule has 13 heavy (non-hydrogen) atoms. The quantitative estimate of drug-likeness (QED) is 0.756. The van der Waals surface area contributed by atoms with Crippen LogP contribution in [0.15, 0.2) is 23.0 Å². The second-order valence-electron chi connectivity index (χ2n) is 2.72. The zero-order valence-corrected chi connectivity index (χ0v) is 8.65. The van der Waals surface area contributed by atoms with Gasteiger partial charge in [-0.05, 0) is 0 Å². The van der Waals surface area contributed by atoms with Crippen molar-refractivity contribution in [1.29, 1.82) is 0 Å². The Bertz CT molecular complexity index is 407. The summed E-state index contributed by atoms with van der Waals surface area (Å²) in [4.78, 5) is 0. The summed E-state index contributed by atoms with van der Waals surface area (Å²) in [5.74, 6) is 0.752. The van der Waals surface area contributed by atoms with E-state index in [-0.39, 0.29) is 0 Å². The molecular formula is C8H8BrN3O. The summed E-state index contributed by atoms with van der Waals surface area (Å²) < 4.78 is 6.85. The molecule has 68 valence electrons. The number of nitrogens with zero attached hydrogens (tertiary/aromatic N) is 3. The Balaban J connectivity index is 2.35. The molecule has 0 spiro atoms. The highest BCUT2D eigenvalue weighted by atomic mass is 79.9. The normalized spacial score (nSPS) is 10.6. The predicted octanol–water partition coefficient (Wildman–Crippen LogP) is 1.97. The first kappa shape index (κ1) is 8.50. The van der Waals surface area contributed by atoms with Crippen LogP contribution in [0.5, 0.6) is 0 Å². The van der Waals surface area contributed by atoms with Crippen molar-refractivity contribution in [1.82, 2.24) is 14.9 Å². The molecule has 2 rings (SSSR count). The van der Waals surface area contributed by atoms with Gasteiger partial charge >= 0.3 is 0 Å². The molecule has 5 heteroatoms. The molecular weight excluding hydrogens is 234 g/mol. The summed E-state index contributed by atoms with van der Waals surface area (Å²) in [6, 6.07) is 1.89. The van der Waals surface area contributed by atoms with Crippen LogP contribution in [0.3, 0.4) is 0 Å². The van der Waals surface area contributed by atoms with Gasteiger partial charge < -0.3 is 4.52 Å². The molecule has 0 amide bonds. The number of aryl methyl sites for hydroxylation is 1. The number of hydrogen-bond donors (Lipinski definition) is 0. The maximum absolute atomic E-state index is 5.12. The predicted molar refractivity (Wildman–Crippen MR) is 51.3 cm³/mol. The van der Waals surface area contributed by atoms with E-state index in [9.17, 15) is 0 Å². The lowest BCUT2D eigenvalue weighted by Gasteiger charge is -1.84. The molecule has 2 aromatic heterocycles. The zero-order chi connectivity index (χ0) is 9.26. The Labute approximate surface area is 83.7 Å². The molecule has 4 nitrogen and oxygen atoms in total. The number of alkyl halides is 1. The van der Waals surface area contributed by atoms with Crippen LogP contribution in [0.1, 0.15) is 5.69 Å². The van der Waals surface area contributed by atoms with Crippen LogP contribution in [-0.4, -0.2) is 14.9 Å². The summed E-state index contributed by atoms with van der Waals surface area (Å²) in [6.45, 7) is 0. The Morgan fingerprint density at radius 1 is 1.62 bits per heavy atom. The second-order valence-corrected chi connectivity index (χ2v) is 3.28. The van der Waals surface area contributed by atoms with Gasteiger partial charge in [0.05, 0.1) is 17.5 Å². The number of hydrogen-bond acceptors (Lipinski definition) is 3. The first-order valence-corrected chi connectivity index (χ1v) is 4.92. The molecule has 0 aliphatic heterocycles. The van der Waals surface area contributed by atoms with E-state index in [2.05, 4.69) is 26.2 Å². The van der Waals surface area contributed by atoms with Gasteiger partial charge in [-0.25, -0.2) is 0 Å².